The van der Waals surface area contributed by atoms with Gasteiger partial charge in [-0.3, -0.25) is 0 Å². The number of ether oxygens (including phenoxy) is 1. The summed E-state index contributed by atoms with van der Waals surface area (Å²) in [5, 5.41) is 37.6. The lowest BCUT2D eigenvalue weighted by atomic mass is 9.94. The van der Waals surface area contributed by atoms with Gasteiger partial charge in [0.05, 0.1) is 18.7 Å². The Morgan fingerprint density at radius 3 is 2.50 bits per heavy atom. The minimum absolute atomic E-state index is 0.000556. The molecular formula is C16H11FN2O3. The molecule has 2 N–H and O–H groups in total. The van der Waals surface area contributed by atoms with Crippen molar-refractivity contribution in [2.45, 2.75) is 6.42 Å². The van der Waals surface area contributed by atoms with E-state index in [-0.39, 0.29) is 23.1 Å². The fraction of sp³-hybridized carbons (Fsp3) is 0.125. The molecule has 22 heavy (non-hydrogen) atoms. The van der Waals surface area contributed by atoms with E-state index in [1.54, 1.807) is 6.07 Å². The fourth-order valence-electron chi connectivity index (χ4n) is 2.18. The van der Waals surface area contributed by atoms with Crippen molar-refractivity contribution in [1.29, 1.82) is 10.5 Å². The monoisotopic (exact) mass is 298 g/mol. The van der Waals surface area contributed by atoms with E-state index in [1.807, 2.05) is 6.07 Å². The third kappa shape index (κ3) is 2.63. The molecule has 0 saturated carbocycles. The first-order chi connectivity index (χ1) is 10.5. The van der Waals surface area contributed by atoms with Crippen LogP contribution in [0.3, 0.4) is 0 Å². The second kappa shape index (κ2) is 6.02. The number of rotatable bonds is 3. The summed E-state index contributed by atoms with van der Waals surface area (Å²) < 4.78 is 18.5. The van der Waals surface area contributed by atoms with Gasteiger partial charge in [-0.15, -0.1) is 0 Å². The Balaban J connectivity index is 2.65. The van der Waals surface area contributed by atoms with Gasteiger partial charge in [-0.2, -0.15) is 10.5 Å². The van der Waals surface area contributed by atoms with Crippen LogP contribution in [0.15, 0.2) is 24.3 Å². The number of nitriles is 2. The number of benzene rings is 2. The predicted octanol–water partition coefficient (Wildman–Crippen LogP) is 2.58. The first-order valence-electron chi connectivity index (χ1n) is 6.22. The van der Waals surface area contributed by atoms with Crippen LogP contribution in [0.1, 0.15) is 22.3 Å². The number of nitrogens with zero attached hydrogens (tertiary/aromatic N) is 2. The van der Waals surface area contributed by atoms with Crippen molar-refractivity contribution in [3.63, 3.8) is 0 Å². The van der Waals surface area contributed by atoms with E-state index in [4.69, 9.17) is 15.3 Å². The molecule has 2 aromatic carbocycles. The van der Waals surface area contributed by atoms with Crippen LogP contribution < -0.4 is 4.74 Å². The van der Waals surface area contributed by atoms with Crippen molar-refractivity contribution in [2.75, 3.05) is 7.11 Å². The topological polar surface area (TPSA) is 97.3 Å². The maximum absolute atomic E-state index is 13.4. The maximum atomic E-state index is 13.4. The molecule has 0 heterocycles. The van der Waals surface area contributed by atoms with Crippen molar-refractivity contribution in [2.24, 2.45) is 0 Å². The molecule has 0 atom stereocenters. The summed E-state index contributed by atoms with van der Waals surface area (Å²) in [4.78, 5) is 0. The highest BCUT2D eigenvalue weighted by atomic mass is 19.1. The van der Waals surface area contributed by atoms with Gasteiger partial charge in [0.25, 0.3) is 0 Å². The molecule has 0 aromatic heterocycles. The minimum atomic E-state index is -0.605. The lowest BCUT2D eigenvalue weighted by Crippen LogP contribution is -2.00. The number of methoxy groups -OCH3 is 1. The Hall–Kier alpha value is -3.25. The average Bonchev–Trinajstić information content (AvgIpc) is 2.51. The van der Waals surface area contributed by atoms with Crippen molar-refractivity contribution >= 4 is 0 Å². The van der Waals surface area contributed by atoms with E-state index in [2.05, 4.69) is 0 Å². The summed E-state index contributed by atoms with van der Waals surface area (Å²) in [5.41, 5.74) is 0.422. The zero-order valence-electron chi connectivity index (χ0n) is 11.6. The van der Waals surface area contributed by atoms with Crippen LogP contribution in [-0.4, -0.2) is 17.3 Å². The molecule has 2 rings (SSSR count). The summed E-state index contributed by atoms with van der Waals surface area (Å²) in [6, 6.07) is 8.57. The van der Waals surface area contributed by atoms with Gasteiger partial charge in [0, 0.05) is 18.1 Å². The summed E-state index contributed by atoms with van der Waals surface area (Å²) in [5.74, 6) is -1.26. The van der Waals surface area contributed by atoms with Crippen LogP contribution in [0, 0.1) is 28.5 Å². The molecule has 0 fully saturated rings. The quantitative estimate of drug-likeness (QED) is 0.849. The van der Waals surface area contributed by atoms with Crippen molar-refractivity contribution in [1.82, 2.24) is 0 Å². The highest BCUT2D eigenvalue weighted by Crippen LogP contribution is 2.35. The Morgan fingerprint density at radius 2 is 1.91 bits per heavy atom. The third-order valence-electron chi connectivity index (χ3n) is 3.23. The number of hydrogen-bond acceptors (Lipinski definition) is 5. The number of halogens is 1. The van der Waals surface area contributed by atoms with Gasteiger partial charge in [-0.05, 0) is 23.8 Å². The van der Waals surface area contributed by atoms with Crippen LogP contribution in [0.25, 0.3) is 0 Å². The molecule has 6 heteroatoms. The molecule has 2 aromatic rings. The molecule has 5 nitrogen and oxygen atoms in total. The Kier molecular flexibility index (Phi) is 4.15. The fourth-order valence-corrected chi connectivity index (χ4v) is 2.18. The van der Waals surface area contributed by atoms with Gasteiger partial charge < -0.3 is 14.9 Å². The normalized spacial score (nSPS) is 9.82. The van der Waals surface area contributed by atoms with Gasteiger partial charge in [0.15, 0.2) is 11.5 Å². The summed E-state index contributed by atoms with van der Waals surface area (Å²) in [6.45, 7) is 0. The maximum Gasteiger partial charge on any atom is 0.175 e. The summed E-state index contributed by atoms with van der Waals surface area (Å²) in [7, 11) is 1.42. The molecule has 0 aliphatic rings. The Bertz CT molecular complexity index is 820. The second-order valence-corrected chi connectivity index (χ2v) is 4.50. The molecular weight excluding hydrogens is 287 g/mol. The molecule has 110 valence electrons. The molecule has 0 aliphatic carbocycles. The Labute approximate surface area is 126 Å². The van der Waals surface area contributed by atoms with E-state index in [0.29, 0.717) is 11.3 Å². The first kappa shape index (κ1) is 15.1. The number of phenols is 2. The minimum Gasteiger partial charge on any atom is -0.504 e. The molecule has 0 amide bonds. The molecule has 0 radical (unpaired) electrons. The molecule has 0 saturated heterocycles. The van der Waals surface area contributed by atoms with E-state index in [0.717, 1.165) is 6.07 Å². The highest BCUT2D eigenvalue weighted by Gasteiger charge is 2.19. The first-order valence-corrected chi connectivity index (χ1v) is 6.22. The van der Waals surface area contributed by atoms with Crippen molar-refractivity contribution in [3.8, 4) is 29.4 Å². The van der Waals surface area contributed by atoms with Crippen LogP contribution in [0.4, 0.5) is 4.39 Å². The molecule has 0 spiro atoms. The van der Waals surface area contributed by atoms with Crippen LogP contribution >= 0.6 is 0 Å². The smallest absolute Gasteiger partial charge is 0.175 e. The highest BCUT2D eigenvalue weighted by molar-refractivity contribution is 5.62. The average molecular weight is 298 g/mol. The number of hydrogen-bond donors (Lipinski definition) is 2. The third-order valence-corrected chi connectivity index (χ3v) is 3.23. The van der Waals surface area contributed by atoms with Gasteiger partial charge >= 0.3 is 0 Å². The molecule has 0 aliphatic heterocycles. The van der Waals surface area contributed by atoms with Gasteiger partial charge in [-0.25, -0.2) is 4.39 Å². The summed E-state index contributed by atoms with van der Waals surface area (Å²) >= 11 is 0. The lowest BCUT2D eigenvalue weighted by molar-refractivity contribution is 0.401. The number of phenolic OH excluding ortho intramolecular Hbond substituents is 2. The summed E-state index contributed by atoms with van der Waals surface area (Å²) in [6.07, 6.45) is 0.000556. The van der Waals surface area contributed by atoms with Crippen LogP contribution in [0.5, 0.6) is 17.2 Å². The number of aromatic hydroxyl groups is 2. The van der Waals surface area contributed by atoms with Gasteiger partial charge in [0.2, 0.25) is 0 Å². The zero-order chi connectivity index (χ0) is 16.3. The van der Waals surface area contributed by atoms with Gasteiger partial charge in [0.1, 0.15) is 23.2 Å². The van der Waals surface area contributed by atoms with Crippen LogP contribution in [-0.2, 0) is 6.42 Å². The largest absolute Gasteiger partial charge is 0.504 e. The molecule has 0 bridgehead atoms. The van der Waals surface area contributed by atoms with E-state index < -0.39 is 17.3 Å². The zero-order valence-corrected chi connectivity index (χ0v) is 11.6. The van der Waals surface area contributed by atoms with Crippen molar-refractivity contribution < 1.29 is 19.3 Å². The lowest BCUT2D eigenvalue weighted by Gasteiger charge is -2.12. The van der Waals surface area contributed by atoms with Crippen molar-refractivity contribution in [3.05, 3.63) is 52.3 Å². The predicted molar refractivity (Wildman–Crippen MR) is 75.0 cm³/mol. The van der Waals surface area contributed by atoms with E-state index in [9.17, 15) is 14.6 Å². The van der Waals surface area contributed by atoms with E-state index >= 15 is 0 Å². The standard InChI is InChI=1S/C16H11FN2O3/c1-22-15-3-2-11(17)4-9(15)5-12-10(7-18)6-14(20)16(21)13(12)8-19/h2-4,6,20-21H,5H2,1H3. The Morgan fingerprint density at radius 1 is 1.18 bits per heavy atom. The second-order valence-electron chi connectivity index (χ2n) is 4.50. The van der Waals surface area contributed by atoms with E-state index in [1.165, 1.54) is 25.3 Å². The van der Waals surface area contributed by atoms with Crippen LogP contribution in [0.2, 0.25) is 0 Å². The molecule has 0 unspecified atom stereocenters. The SMILES string of the molecule is COc1ccc(F)cc1Cc1c(C#N)cc(O)c(O)c1C#N. The van der Waals surface area contributed by atoms with Gasteiger partial charge in [-0.1, -0.05) is 0 Å².